The summed E-state index contributed by atoms with van der Waals surface area (Å²) in [5, 5.41) is 9.37. The number of carbonyl (C=O) groups excluding carboxylic acids is 1. The van der Waals surface area contributed by atoms with Gasteiger partial charge in [0.1, 0.15) is 17.2 Å². The Bertz CT molecular complexity index is 897. The number of aliphatic imine (C=N–C) groups is 1. The monoisotopic (exact) mass is 497 g/mol. The molecule has 3 aliphatic rings. The summed E-state index contributed by atoms with van der Waals surface area (Å²) in [6.45, 7) is 11.0. The van der Waals surface area contributed by atoms with Gasteiger partial charge in [-0.15, -0.1) is 24.2 Å². The minimum atomic E-state index is -0.933. The maximum absolute atomic E-state index is 12.6. The zero-order valence-corrected chi connectivity index (χ0v) is 21.6. The fraction of sp³-hybridized carbons (Fsp3) is 0.739. The van der Waals surface area contributed by atoms with Crippen molar-refractivity contribution >= 4 is 42.4 Å². The predicted molar refractivity (Wildman–Crippen MR) is 133 cm³/mol. The highest BCUT2D eigenvalue weighted by Gasteiger charge is 2.63. The number of thioether (sulfide) groups is 1. The fourth-order valence-corrected chi connectivity index (χ4v) is 6.90. The molecule has 3 fully saturated rings. The van der Waals surface area contributed by atoms with E-state index in [2.05, 4.69) is 39.5 Å². The molecule has 0 radical (unpaired) electrons. The van der Waals surface area contributed by atoms with Gasteiger partial charge >= 0.3 is 5.97 Å². The van der Waals surface area contributed by atoms with Gasteiger partial charge in [0.25, 0.3) is 5.91 Å². The van der Waals surface area contributed by atoms with E-state index in [1.165, 1.54) is 23.6 Å². The largest absolute Gasteiger partial charge is 0.480 e. The van der Waals surface area contributed by atoms with E-state index in [4.69, 9.17) is 0 Å². The number of carboxylic acid groups (broad SMARTS) is 1. The molecule has 0 spiro atoms. The van der Waals surface area contributed by atoms with E-state index in [1.54, 1.807) is 11.8 Å². The van der Waals surface area contributed by atoms with Crippen molar-refractivity contribution in [1.29, 1.82) is 0 Å². The molecule has 0 aromatic carbocycles. The zero-order valence-electron chi connectivity index (χ0n) is 19.9. The first kappa shape index (κ1) is 25.9. The minimum absolute atomic E-state index is 0. The van der Waals surface area contributed by atoms with E-state index in [9.17, 15) is 14.7 Å². The number of fused-ring (bicyclic) bond motifs is 1. The number of hydrogen-bond donors (Lipinski definition) is 1. The maximum Gasteiger partial charge on any atom is 0.327 e. The van der Waals surface area contributed by atoms with Crippen LogP contribution in [0.3, 0.4) is 0 Å². The van der Waals surface area contributed by atoms with Crippen molar-refractivity contribution < 1.29 is 14.7 Å². The molecular formula is C23H36ClN5O3S. The Morgan fingerprint density at radius 2 is 2.06 bits per heavy atom. The first-order chi connectivity index (χ1) is 15.2. The number of aryl methyl sites for hydroxylation is 3. The van der Waals surface area contributed by atoms with E-state index in [-0.39, 0.29) is 23.7 Å². The Balaban J connectivity index is 0.00000306. The van der Waals surface area contributed by atoms with Gasteiger partial charge in [-0.05, 0) is 52.4 Å². The lowest BCUT2D eigenvalue weighted by atomic mass is 9.92. The van der Waals surface area contributed by atoms with Crippen molar-refractivity contribution in [2.24, 2.45) is 10.9 Å². The number of β-lactam (4-membered cyclic amide) rings is 1. The Morgan fingerprint density at radius 1 is 1.36 bits per heavy atom. The Morgan fingerprint density at radius 3 is 2.70 bits per heavy atom. The maximum atomic E-state index is 12.6. The van der Waals surface area contributed by atoms with Gasteiger partial charge in [0.15, 0.2) is 6.04 Å². The second-order valence-electron chi connectivity index (χ2n) is 9.77. The topological polar surface area (TPSA) is 91.0 Å². The fourth-order valence-electron chi connectivity index (χ4n) is 5.28. The lowest BCUT2D eigenvalue weighted by Crippen LogP contribution is -2.65. The molecule has 3 atom stereocenters. The molecule has 8 nitrogen and oxygen atoms in total. The molecular weight excluding hydrogens is 462 g/mol. The third kappa shape index (κ3) is 5.19. The van der Waals surface area contributed by atoms with Gasteiger partial charge in [-0.2, -0.15) is 0 Å². The third-order valence-electron chi connectivity index (χ3n) is 6.99. The molecule has 0 unspecified atom stereocenters. The molecule has 0 saturated carbocycles. The van der Waals surface area contributed by atoms with Gasteiger partial charge in [-0.1, -0.05) is 6.92 Å². The average Bonchev–Trinajstić information content (AvgIpc) is 3.23. The highest BCUT2D eigenvalue weighted by Crippen LogP contribution is 2.51. The molecule has 4 rings (SSSR count). The number of aromatic nitrogens is 2. The van der Waals surface area contributed by atoms with E-state index in [1.807, 2.05) is 20.2 Å². The number of amides is 1. The van der Waals surface area contributed by atoms with Crippen LogP contribution in [-0.2, 0) is 22.6 Å². The van der Waals surface area contributed by atoms with Crippen LogP contribution in [0, 0.1) is 12.8 Å². The Hall–Kier alpha value is -1.74. The summed E-state index contributed by atoms with van der Waals surface area (Å²) in [7, 11) is 0. The first-order valence-electron chi connectivity index (χ1n) is 11.7. The molecule has 0 aliphatic carbocycles. The predicted octanol–water partition coefficient (Wildman–Crippen LogP) is 3.21. The van der Waals surface area contributed by atoms with Gasteiger partial charge in [-0.25, -0.2) is 9.78 Å². The van der Waals surface area contributed by atoms with E-state index in [0.29, 0.717) is 0 Å². The van der Waals surface area contributed by atoms with Gasteiger partial charge in [0.2, 0.25) is 0 Å². The van der Waals surface area contributed by atoms with Crippen LogP contribution in [0.15, 0.2) is 11.2 Å². The summed E-state index contributed by atoms with van der Waals surface area (Å²) >= 11 is 1.55. The molecule has 4 heterocycles. The second-order valence-corrected chi connectivity index (χ2v) is 11.5. The molecule has 1 aromatic rings. The van der Waals surface area contributed by atoms with Crippen LogP contribution in [0.4, 0.5) is 0 Å². The highest BCUT2D eigenvalue weighted by molar-refractivity contribution is 8.01. The van der Waals surface area contributed by atoms with Crippen LogP contribution in [-0.4, -0.2) is 78.0 Å². The Labute approximate surface area is 206 Å². The van der Waals surface area contributed by atoms with E-state index in [0.717, 1.165) is 50.5 Å². The number of rotatable bonds is 8. The lowest BCUT2D eigenvalue weighted by Gasteiger charge is -2.41. The van der Waals surface area contributed by atoms with Crippen molar-refractivity contribution in [3.63, 3.8) is 0 Å². The van der Waals surface area contributed by atoms with Gasteiger partial charge < -0.3 is 19.5 Å². The van der Waals surface area contributed by atoms with E-state index < -0.39 is 22.8 Å². The number of piperidine rings is 1. The molecule has 184 valence electrons. The van der Waals surface area contributed by atoms with E-state index >= 15 is 0 Å². The van der Waals surface area contributed by atoms with Gasteiger partial charge in [0.05, 0.1) is 12.0 Å². The molecule has 1 N–H and O–H groups in total. The molecule has 1 amide bonds. The molecule has 0 bridgehead atoms. The SMILES string of the molecule is CCc1nc(C)cn1CCCC1CCN(C=N[C@@H]2C(=O)N3[C@@H]2SC(C)(C)[C@@H]3C(=O)O)CC1.Cl. The van der Waals surface area contributed by atoms with Crippen LogP contribution in [0.25, 0.3) is 0 Å². The number of likely N-dealkylation sites (tertiary alicyclic amines) is 1. The average molecular weight is 498 g/mol. The van der Waals surface area contributed by atoms with Crippen molar-refractivity contribution in [3.05, 3.63) is 17.7 Å². The number of carbonyl (C=O) groups is 2. The Kier molecular flexibility index (Phi) is 8.04. The molecule has 3 saturated heterocycles. The quantitative estimate of drug-likeness (QED) is 0.337. The number of halogens is 1. The summed E-state index contributed by atoms with van der Waals surface area (Å²) in [5.41, 5.74) is 1.10. The molecule has 3 aliphatic heterocycles. The smallest absolute Gasteiger partial charge is 0.327 e. The van der Waals surface area contributed by atoms with Crippen molar-refractivity contribution in [2.45, 2.75) is 88.5 Å². The standard InChI is InChI=1S/C23H35N5O3S.ClH/c1-5-17-25-15(2)13-27(17)10-6-7-16-8-11-26(12-9-16)14-24-18-20(29)28-19(22(30)31)23(3,4)32-21(18)28;/h13-14,16,18-19,21H,5-12H2,1-4H3,(H,30,31);1H/t18-,19+,21-;/m1./s1. The molecule has 10 heteroatoms. The number of nitrogens with zero attached hydrogens (tertiary/aromatic N) is 5. The van der Waals surface area contributed by atoms with Gasteiger partial charge in [0, 0.05) is 37.0 Å². The van der Waals surface area contributed by atoms with Crippen LogP contribution in [0.1, 0.15) is 58.0 Å². The van der Waals surface area contributed by atoms with Crippen LogP contribution in [0.2, 0.25) is 0 Å². The zero-order chi connectivity index (χ0) is 23.0. The molecule has 1 aromatic heterocycles. The second kappa shape index (κ2) is 10.3. The van der Waals surface area contributed by atoms with Crippen molar-refractivity contribution in [2.75, 3.05) is 13.1 Å². The summed E-state index contributed by atoms with van der Waals surface area (Å²) in [6, 6.07) is -1.22. The first-order valence-corrected chi connectivity index (χ1v) is 12.6. The normalized spacial score (nSPS) is 26.9. The summed E-state index contributed by atoms with van der Waals surface area (Å²) in [4.78, 5) is 37.1. The summed E-state index contributed by atoms with van der Waals surface area (Å²) < 4.78 is 1.80. The van der Waals surface area contributed by atoms with Crippen LogP contribution >= 0.6 is 24.2 Å². The lowest BCUT2D eigenvalue weighted by molar-refractivity contribution is -0.158. The van der Waals surface area contributed by atoms with Crippen LogP contribution < -0.4 is 0 Å². The number of aliphatic carboxylic acids is 1. The van der Waals surface area contributed by atoms with Crippen molar-refractivity contribution in [1.82, 2.24) is 19.4 Å². The summed E-state index contributed by atoms with van der Waals surface area (Å²) in [6.07, 6.45) is 9.65. The van der Waals surface area contributed by atoms with Gasteiger partial charge in [-0.3, -0.25) is 9.79 Å². The summed E-state index contributed by atoms with van der Waals surface area (Å²) in [5.74, 6) is 0.818. The van der Waals surface area contributed by atoms with Crippen LogP contribution in [0.5, 0.6) is 0 Å². The minimum Gasteiger partial charge on any atom is -0.480 e. The number of carboxylic acids is 1. The molecule has 33 heavy (non-hydrogen) atoms. The third-order valence-corrected chi connectivity index (χ3v) is 8.55. The number of hydrogen-bond acceptors (Lipinski definition) is 5. The highest BCUT2D eigenvalue weighted by atomic mass is 35.5. The van der Waals surface area contributed by atoms with Crippen molar-refractivity contribution in [3.8, 4) is 0 Å². The number of imidazole rings is 1.